The molecule has 2 rings (SSSR count). The lowest BCUT2D eigenvalue weighted by atomic mass is 10.1. The van der Waals surface area contributed by atoms with Crippen LogP contribution < -0.4 is 14.8 Å². The van der Waals surface area contributed by atoms with Crippen LogP contribution in [0.5, 0.6) is 11.5 Å². The molecule has 0 fully saturated rings. The van der Waals surface area contributed by atoms with E-state index in [0.29, 0.717) is 16.3 Å². The van der Waals surface area contributed by atoms with Crippen molar-refractivity contribution >= 4 is 35.0 Å². The standard InChI is InChI=1S/C18H14ClN3O5/c1-26-16-6-3-11(8-14(16)19)7-12(10-20)18(23)21-15-5-4-13(22(24)25)9-17(15)27-2/h3-9H,1-2H3,(H,21,23)/b12-7-. The topological polar surface area (TPSA) is 114 Å². The molecule has 0 radical (unpaired) electrons. The van der Waals surface area contributed by atoms with E-state index in [1.807, 2.05) is 6.07 Å². The number of hydrogen-bond donors (Lipinski definition) is 1. The number of nitro benzene ring substituents is 1. The van der Waals surface area contributed by atoms with Crippen LogP contribution >= 0.6 is 11.6 Å². The number of ether oxygens (including phenoxy) is 2. The summed E-state index contributed by atoms with van der Waals surface area (Å²) in [4.78, 5) is 22.6. The molecule has 0 bridgehead atoms. The van der Waals surface area contributed by atoms with Gasteiger partial charge in [-0.1, -0.05) is 17.7 Å². The fourth-order valence-electron chi connectivity index (χ4n) is 2.17. The van der Waals surface area contributed by atoms with Crippen LogP contribution in [0.25, 0.3) is 6.08 Å². The smallest absolute Gasteiger partial charge is 0.273 e. The van der Waals surface area contributed by atoms with Gasteiger partial charge in [-0.05, 0) is 29.8 Å². The summed E-state index contributed by atoms with van der Waals surface area (Å²) >= 11 is 6.04. The Kier molecular flexibility index (Phi) is 6.36. The number of benzene rings is 2. The van der Waals surface area contributed by atoms with Crippen molar-refractivity contribution in [1.82, 2.24) is 0 Å². The van der Waals surface area contributed by atoms with Gasteiger partial charge in [0, 0.05) is 6.07 Å². The van der Waals surface area contributed by atoms with Crippen molar-refractivity contribution in [1.29, 1.82) is 5.26 Å². The Balaban J connectivity index is 2.29. The van der Waals surface area contributed by atoms with E-state index in [9.17, 15) is 20.2 Å². The van der Waals surface area contributed by atoms with Gasteiger partial charge in [-0.3, -0.25) is 14.9 Å². The number of hydrogen-bond acceptors (Lipinski definition) is 6. The molecule has 2 aromatic rings. The third kappa shape index (κ3) is 4.74. The van der Waals surface area contributed by atoms with Crippen LogP contribution in [0.15, 0.2) is 42.0 Å². The average Bonchev–Trinajstić information content (AvgIpc) is 2.66. The molecule has 0 heterocycles. The summed E-state index contributed by atoms with van der Waals surface area (Å²) in [5.74, 6) is -0.133. The zero-order chi connectivity index (χ0) is 20.0. The molecule has 0 aliphatic rings. The van der Waals surface area contributed by atoms with Crippen LogP contribution in [0.1, 0.15) is 5.56 Å². The number of carbonyl (C=O) groups excluding carboxylic acids is 1. The number of amides is 1. The normalized spacial score (nSPS) is 10.7. The van der Waals surface area contributed by atoms with Crippen LogP contribution in [0.4, 0.5) is 11.4 Å². The van der Waals surface area contributed by atoms with Crippen LogP contribution in [0, 0.1) is 21.4 Å². The van der Waals surface area contributed by atoms with E-state index in [1.165, 1.54) is 38.5 Å². The number of nitrogens with one attached hydrogen (secondary N) is 1. The van der Waals surface area contributed by atoms with E-state index in [4.69, 9.17) is 21.1 Å². The fraction of sp³-hybridized carbons (Fsp3) is 0.111. The first-order chi connectivity index (χ1) is 12.9. The lowest BCUT2D eigenvalue weighted by Gasteiger charge is -2.09. The Morgan fingerprint density at radius 2 is 1.93 bits per heavy atom. The summed E-state index contributed by atoms with van der Waals surface area (Å²) in [6.45, 7) is 0. The highest BCUT2D eigenvalue weighted by Gasteiger charge is 2.16. The molecule has 0 unspecified atom stereocenters. The van der Waals surface area contributed by atoms with Crippen molar-refractivity contribution < 1.29 is 19.2 Å². The van der Waals surface area contributed by atoms with Crippen LogP contribution in [-0.2, 0) is 4.79 Å². The number of nitriles is 1. The van der Waals surface area contributed by atoms with Crippen molar-refractivity contribution in [3.8, 4) is 17.6 Å². The molecule has 0 saturated carbocycles. The summed E-state index contributed by atoms with van der Waals surface area (Å²) in [6, 6.07) is 10.3. The molecule has 138 valence electrons. The zero-order valence-corrected chi connectivity index (χ0v) is 15.1. The predicted molar refractivity (Wildman–Crippen MR) is 99.9 cm³/mol. The molecule has 0 aliphatic heterocycles. The quantitative estimate of drug-likeness (QED) is 0.349. The summed E-state index contributed by atoms with van der Waals surface area (Å²) in [6.07, 6.45) is 1.36. The van der Waals surface area contributed by atoms with E-state index in [2.05, 4.69) is 5.32 Å². The van der Waals surface area contributed by atoms with Gasteiger partial charge in [0.15, 0.2) is 0 Å². The number of methoxy groups -OCH3 is 2. The number of non-ortho nitro benzene ring substituents is 1. The summed E-state index contributed by atoms with van der Waals surface area (Å²) < 4.78 is 10.1. The van der Waals surface area contributed by atoms with Crippen molar-refractivity contribution in [2.24, 2.45) is 0 Å². The van der Waals surface area contributed by atoms with Gasteiger partial charge >= 0.3 is 0 Å². The van der Waals surface area contributed by atoms with E-state index < -0.39 is 10.8 Å². The minimum absolute atomic E-state index is 0.0994. The number of carbonyl (C=O) groups is 1. The van der Waals surface area contributed by atoms with Gasteiger partial charge in [-0.2, -0.15) is 5.26 Å². The maximum atomic E-state index is 12.4. The number of rotatable bonds is 6. The summed E-state index contributed by atoms with van der Waals surface area (Å²) in [5, 5.41) is 23.0. The Hall–Kier alpha value is -3.57. The third-order valence-electron chi connectivity index (χ3n) is 3.50. The number of halogens is 1. The molecule has 0 spiro atoms. The fourth-order valence-corrected chi connectivity index (χ4v) is 2.44. The molecule has 0 aliphatic carbocycles. The molecule has 0 aromatic heterocycles. The van der Waals surface area contributed by atoms with Crippen molar-refractivity contribution in [2.45, 2.75) is 0 Å². The Morgan fingerprint density at radius 1 is 1.22 bits per heavy atom. The Labute approximate surface area is 159 Å². The minimum Gasteiger partial charge on any atom is -0.495 e. The van der Waals surface area contributed by atoms with Gasteiger partial charge in [0.2, 0.25) is 0 Å². The van der Waals surface area contributed by atoms with Crippen molar-refractivity contribution in [2.75, 3.05) is 19.5 Å². The molecule has 8 nitrogen and oxygen atoms in total. The highest BCUT2D eigenvalue weighted by Crippen LogP contribution is 2.30. The molecule has 9 heteroatoms. The lowest BCUT2D eigenvalue weighted by molar-refractivity contribution is -0.384. The second kappa shape index (κ2) is 8.69. The first-order valence-corrected chi connectivity index (χ1v) is 7.86. The van der Waals surface area contributed by atoms with Gasteiger partial charge < -0.3 is 14.8 Å². The van der Waals surface area contributed by atoms with E-state index >= 15 is 0 Å². The second-order valence-corrected chi connectivity index (χ2v) is 5.57. The van der Waals surface area contributed by atoms with E-state index in [0.717, 1.165) is 0 Å². The first kappa shape index (κ1) is 19.8. The number of nitrogens with zero attached hydrogens (tertiary/aromatic N) is 2. The third-order valence-corrected chi connectivity index (χ3v) is 3.79. The number of anilines is 1. The highest BCUT2D eigenvalue weighted by atomic mass is 35.5. The van der Waals surface area contributed by atoms with Crippen LogP contribution in [-0.4, -0.2) is 25.1 Å². The maximum absolute atomic E-state index is 12.4. The van der Waals surface area contributed by atoms with Crippen molar-refractivity contribution in [3.05, 3.63) is 62.7 Å². The zero-order valence-electron chi connectivity index (χ0n) is 14.4. The molecule has 1 N–H and O–H groups in total. The SMILES string of the molecule is COc1ccc(/C=C(/C#N)C(=O)Nc2ccc([N+](=O)[O-])cc2OC)cc1Cl. The van der Waals surface area contributed by atoms with Crippen LogP contribution in [0.2, 0.25) is 5.02 Å². The molecule has 27 heavy (non-hydrogen) atoms. The second-order valence-electron chi connectivity index (χ2n) is 5.16. The maximum Gasteiger partial charge on any atom is 0.273 e. The van der Waals surface area contributed by atoms with Gasteiger partial charge in [-0.15, -0.1) is 0 Å². The molecule has 0 atom stereocenters. The molecule has 1 amide bonds. The highest BCUT2D eigenvalue weighted by molar-refractivity contribution is 6.32. The monoisotopic (exact) mass is 387 g/mol. The summed E-state index contributed by atoms with van der Waals surface area (Å²) in [7, 11) is 2.79. The van der Waals surface area contributed by atoms with E-state index in [-0.39, 0.29) is 22.7 Å². The van der Waals surface area contributed by atoms with Gasteiger partial charge in [0.25, 0.3) is 11.6 Å². The number of nitro groups is 1. The van der Waals surface area contributed by atoms with Crippen molar-refractivity contribution in [3.63, 3.8) is 0 Å². The Morgan fingerprint density at radius 3 is 2.48 bits per heavy atom. The van der Waals surface area contributed by atoms with E-state index in [1.54, 1.807) is 18.2 Å². The molecular formula is C18H14ClN3O5. The van der Waals surface area contributed by atoms with Crippen LogP contribution in [0.3, 0.4) is 0 Å². The Bertz CT molecular complexity index is 966. The molecular weight excluding hydrogens is 374 g/mol. The minimum atomic E-state index is -0.698. The lowest BCUT2D eigenvalue weighted by Crippen LogP contribution is -2.14. The first-order valence-electron chi connectivity index (χ1n) is 7.48. The molecule has 0 saturated heterocycles. The van der Waals surface area contributed by atoms with Gasteiger partial charge in [-0.25, -0.2) is 0 Å². The van der Waals surface area contributed by atoms with Gasteiger partial charge in [0.1, 0.15) is 23.1 Å². The average molecular weight is 388 g/mol. The molecule has 2 aromatic carbocycles. The predicted octanol–water partition coefficient (Wildman–Crippen LogP) is 3.81. The summed E-state index contributed by atoms with van der Waals surface area (Å²) in [5.41, 5.74) is 0.357. The largest absolute Gasteiger partial charge is 0.495 e. The van der Waals surface area contributed by atoms with Gasteiger partial charge in [0.05, 0.1) is 35.9 Å².